The van der Waals surface area contributed by atoms with Crippen LogP contribution in [0.5, 0.6) is 0 Å². The molecule has 1 aromatic heterocycles. The van der Waals surface area contributed by atoms with Crippen molar-refractivity contribution in [3.05, 3.63) is 45.8 Å². The molecule has 0 atom stereocenters. The lowest BCUT2D eigenvalue weighted by Gasteiger charge is -2.08. The highest BCUT2D eigenvalue weighted by molar-refractivity contribution is 7.99. The number of carbonyl (C=O) groups excluding carboxylic acids is 1. The minimum absolute atomic E-state index is 0.0317. The lowest BCUT2D eigenvalue weighted by molar-refractivity contribution is -0.118. The van der Waals surface area contributed by atoms with Gasteiger partial charge in [0.2, 0.25) is 5.91 Å². The van der Waals surface area contributed by atoms with Crippen LogP contribution in [-0.2, 0) is 17.0 Å². The van der Waals surface area contributed by atoms with Gasteiger partial charge in [0.1, 0.15) is 5.58 Å². The summed E-state index contributed by atoms with van der Waals surface area (Å²) in [5.74, 6) is 1.48. The Kier molecular flexibility index (Phi) is 6.28. The van der Waals surface area contributed by atoms with Crippen molar-refractivity contribution in [2.75, 3.05) is 12.3 Å². The topological polar surface area (TPSA) is 59.3 Å². The Morgan fingerprint density at radius 3 is 2.78 bits per heavy atom. The Morgan fingerprint density at radius 2 is 2.09 bits per heavy atom. The summed E-state index contributed by atoms with van der Waals surface area (Å²) in [6.07, 6.45) is 0.897. The van der Waals surface area contributed by atoms with Crippen LogP contribution in [0.2, 0.25) is 0 Å². The maximum atomic E-state index is 11.7. The van der Waals surface area contributed by atoms with Crippen LogP contribution in [0, 0.1) is 5.92 Å². The van der Waals surface area contributed by atoms with Gasteiger partial charge in [-0.05, 0) is 29.5 Å². The van der Waals surface area contributed by atoms with E-state index in [0.717, 1.165) is 22.9 Å². The van der Waals surface area contributed by atoms with Crippen LogP contribution >= 0.6 is 11.8 Å². The monoisotopic (exact) mass is 333 g/mol. The molecule has 0 aliphatic heterocycles. The molecule has 0 spiro atoms. The second-order valence-electron chi connectivity index (χ2n) is 5.97. The molecule has 1 amide bonds. The van der Waals surface area contributed by atoms with Crippen molar-refractivity contribution in [2.24, 2.45) is 5.92 Å². The summed E-state index contributed by atoms with van der Waals surface area (Å²) in [6, 6.07) is 7.48. The summed E-state index contributed by atoms with van der Waals surface area (Å²) >= 11 is 1.51. The van der Waals surface area contributed by atoms with E-state index in [2.05, 4.69) is 26.1 Å². The van der Waals surface area contributed by atoms with Crippen molar-refractivity contribution in [1.29, 1.82) is 0 Å². The normalized spacial score (nSPS) is 11.1. The minimum Gasteiger partial charge on any atom is -0.423 e. The van der Waals surface area contributed by atoms with E-state index in [1.54, 1.807) is 0 Å². The molecule has 2 aromatic rings. The van der Waals surface area contributed by atoms with Crippen LogP contribution < -0.4 is 10.9 Å². The smallest absolute Gasteiger partial charge is 0.336 e. The molecule has 1 heterocycles. The second-order valence-corrected chi connectivity index (χ2v) is 6.95. The standard InChI is InChI=1S/C18H23NO3S/c1-4-13-5-6-15-14(8-18(21)22-16(15)7-13)10-23-11-17(20)19-9-12(2)3/h5-8,12H,4,9-11H2,1-3H3,(H,19,20). The van der Waals surface area contributed by atoms with Gasteiger partial charge >= 0.3 is 5.63 Å². The van der Waals surface area contributed by atoms with Gasteiger partial charge in [0.05, 0.1) is 5.75 Å². The first-order chi connectivity index (χ1) is 11.0. The van der Waals surface area contributed by atoms with Crippen LogP contribution in [0.25, 0.3) is 11.0 Å². The van der Waals surface area contributed by atoms with Gasteiger partial charge in [0.15, 0.2) is 0 Å². The third-order valence-electron chi connectivity index (χ3n) is 3.50. The number of hydrogen-bond acceptors (Lipinski definition) is 4. The average molecular weight is 333 g/mol. The van der Waals surface area contributed by atoms with E-state index in [-0.39, 0.29) is 11.5 Å². The third kappa shape index (κ3) is 5.13. The van der Waals surface area contributed by atoms with Crippen molar-refractivity contribution in [3.8, 4) is 0 Å². The summed E-state index contributed by atoms with van der Waals surface area (Å²) in [5.41, 5.74) is 2.33. The number of nitrogens with one attached hydrogen (secondary N) is 1. The van der Waals surface area contributed by atoms with E-state index in [1.807, 2.05) is 18.2 Å². The number of carbonyl (C=O) groups is 1. The summed E-state index contributed by atoms with van der Waals surface area (Å²) < 4.78 is 5.29. The highest BCUT2D eigenvalue weighted by atomic mass is 32.2. The minimum atomic E-state index is -0.342. The van der Waals surface area contributed by atoms with Gasteiger partial charge in [0, 0.05) is 23.8 Å². The van der Waals surface area contributed by atoms with E-state index in [1.165, 1.54) is 17.8 Å². The van der Waals surface area contributed by atoms with E-state index in [0.29, 0.717) is 29.6 Å². The van der Waals surface area contributed by atoms with Crippen molar-refractivity contribution < 1.29 is 9.21 Å². The van der Waals surface area contributed by atoms with Crippen molar-refractivity contribution >= 4 is 28.6 Å². The number of benzene rings is 1. The van der Waals surface area contributed by atoms with Gasteiger partial charge in [-0.3, -0.25) is 4.79 Å². The fraction of sp³-hybridized carbons (Fsp3) is 0.444. The largest absolute Gasteiger partial charge is 0.423 e. The molecule has 1 aromatic carbocycles. The SMILES string of the molecule is CCc1ccc2c(CSCC(=O)NCC(C)C)cc(=O)oc2c1. The predicted octanol–water partition coefficient (Wildman–Crippen LogP) is 3.36. The summed E-state index contributed by atoms with van der Waals surface area (Å²) in [4.78, 5) is 23.5. The Hall–Kier alpha value is -1.75. The molecule has 5 heteroatoms. The Balaban J connectivity index is 2.05. The summed E-state index contributed by atoms with van der Waals surface area (Å²) in [5, 5.41) is 3.83. The molecule has 0 bridgehead atoms. The number of fused-ring (bicyclic) bond motifs is 1. The average Bonchev–Trinajstić information content (AvgIpc) is 2.52. The van der Waals surface area contributed by atoms with Gasteiger partial charge in [0.25, 0.3) is 0 Å². The van der Waals surface area contributed by atoms with Crippen molar-refractivity contribution in [2.45, 2.75) is 32.9 Å². The highest BCUT2D eigenvalue weighted by Gasteiger charge is 2.08. The molecule has 4 nitrogen and oxygen atoms in total. The molecule has 0 saturated carbocycles. The first-order valence-electron chi connectivity index (χ1n) is 7.89. The number of hydrogen-bond donors (Lipinski definition) is 1. The van der Waals surface area contributed by atoms with Gasteiger partial charge < -0.3 is 9.73 Å². The van der Waals surface area contributed by atoms with Crippen LogP contribution in [0.3, 0.4) is 0 Å². The summed E-state index contributed by atoms with van der Waals surface area (Å²) in [7, 11) is 0. The van der Waals surface area contributed by atoms with Crippen LogP contribution in [-0.4, -0.2) is 18.2 Å². The van der Waals surface area contributed by atoms with E-state index < -0.39 is 0 Å². The first-order valence-corrected chi connectivity index (χ1v) is 9.05. The van der Waals surface area contributed by atoms with E-state index >= 15 is 0 Å². The molecule has 1 N–H and O–H groups in total. The zero-order valence-corrected chi connectivity index (χ0v) is 14.7. The maximum absolute atomic E-state index is 11.7. The molecule has 0 unspecified atom stereocenters. The lowest BCUT2D eigenvalue weighted by atomic mass is 10.1. The Labute approximate surface area is 140 Å². The maximum Gasteiger partial charge on any atom is 0.336 e. The molecular weight excluding hydrogens is 310 g/mol. The van der Waals surface area contributed by atoms with Crippen molar-refractivity contribution in [1.82, 2.24) is 5.32 Å². The zero-order valence-electron chi connectivity index (χ0n) is 13.8. The molecule has 124 valence electrons. The number of amides is 1. The highest BCUT2D eigenvalue weighted by Crippen LogP contribution is 2.22. The number of aryl methyl sites for hydroxylation is 1. The van der Waals surface area contributed by atoms with Crippen LogP contribution in [0.15, 0.2) is 33.5 Å². The van der Waals surface area contributed by atoms with E-state index in [4.69, 9.17) is 4.42 Å². The Morgan fingerprint density at radius 1 is 1.30 bits per heavy atom. The molecule has 0 radical (unpaired) electrons. The van der Waals surface area contributed by atoms with Gasteiger partial charge in [-0.2, -0.15) is 0 Å². The van der Waals surface area contributed by atoms with Gasteiger partial charge in [-0.15, -0.1) is 11.8 Å². The molecule has 23 heavy (non-hydrogen) atoms. The second kappa shape index (κ2) is 8.20. The molecule has 2 rings (SSSR count). The number of rotatable bonds is 7. The zero-order chi connectivity index (χ0) is 16.8. The van der Waals surface area contributed by atoms with Gasteiger partial charge in [-0.1, -0.05) is 32.9 Å². The fourth-order valence-electron chi connectivity index (χ4n) is 2.24. The molecule has 0 aliphatic carbocycles. The summed E-state index contributed by atoms with van der Waals surface area (Å²) in [6.45, 7) is 6.88. The first kappa shape index (κ1) is 17.6. The quantitative estimate of drug-likeness (QED) is 0.789. The predicted molar refractivity (Wildman–Crippen MR) is 95.9 cm³/mol. The van der Waals surface area contributed by atoms with Crippen LogP contribution in [0.4, 0.5) is 0 Å². The van der Waals surface area contributed by atoms with Gasteiger partial charge in [-0.25, -0.2) is 4.79 Å². The molecule has 0 aliphatic rings. The third-order valence-corrected chi connectivity index (χ3v) is 4.48. The molecule has 0 saturated heterocycles. The fourth-order valence-corrected chi connectivity index (χ4v) is 3.08. The van der Waals surface area contributed by atoms with Crippen LogP contribution in [0.1, 0.15) is 31.9 Å². The Bertz CT molecular complexity index is 737. The van der Waals surface area contributed by atoms with E-state index in [9.17, 15) is 9.59 Å². The lowest BCUT2D eigenvalue weighted by Crippen LogP contribution is -2.28. The molecule has 0 fully saturated rings. The molecular formula is C18H23NO3S. The van der Waals surface area contributed by atoms with Crippen molar-refractivity contribution in [3.63, 3.8) is 0 Å². The number of thioether (sulfide) groups is 1.